The van der Waals surface area contributed by atoms with Crippen molar-refractivity contribution in [1.29, 1.82) is 0 Å². The smallest absolute Gasteiger partial charge is 0.434 e. The van der Waals surface area contributed by atoms with Gasteiger partial charge in [0.25, 0.3) is 5.91 Å². The highest BCUT2D eigenvalue weighted by Gasteiger charge is 2.40. The molecular weight excluding hydrogens is 441 g/mol. The van der Waals surface area contributed by atoms with Gasteiger partial charge in [-0.05, 0) is 42.5 Å². The number of ether oxygens (including phenoxy) is 1. The average Bonchev–Trinajstić information content (AvgIpc) is 3.12. The van der Waals surface area contributed by atoms with Crippen LogP contribution in [0, 0.1) is 0 Å². The highest BCUT2D eigenvalue weighted by Crippen LogP contribution is 2.34. The summed E-state index contributed by atoms with van der Waals surface area (Å²) in [6, 6.07) is 9.17. The zero-order valence-electron chi connectivity index (χ0n) is 15.5. The van der Waals surface area contributed by atoms with Crippen LogP contribution in [0.5, 0.6) is 5.75 Å². The van der Waals surface area contributed by atoms with Gasteiger partial charge in [-0.25, -0.2) is 9.48 Å². The minimum absolute atomic E-state index is 0.0129. The molecule has 0 spiro atoms. The van der Waals surface area contributed by atoms with Gasteiger partial charge in [0.1, 0.15) is 5.75 Å². The molecule has 0 aliphatic carbocycles. The number of aliphatic carboxylic acids is 1. The molecule has 1 amide bonds. The lowest BCUT2D eigenvalue weighted by Gasteiger charge is -2.13. The van der Waals surface area contributed by atoms with Gasteiger partial charge in [0, 0.05) is 16.4 Å². The van der Waals surface area contributed by atoms with Crippen LogP contribution in [-0.4, -0.2) is 33.4 Å². The van der Waals surface area contributed by atoms with Crippen LogP contribution in [0.2, 0.25) is 5.02 Å². The molecule has 2 aromatic carbocycles. The summed E-state index contributed by atoms with van der Waals surface area (Å²) in [7, 11) is 0. The Morgan fingerprint density at radius 1 is 1.19 bits per heavy atom. The minimum Gasteiger partial charge on any atom is -0.482 e. The summed E-state index contributed by atoms with van der Waals surface area (Å²) in [5.41, 5.74) is 3.96. The number of nitrogen functional groups attached to an aromatic ring is 1. The number of alkyl halides is 3. The second-order valence-corrected chi connectivity index (χ2v) is 6.66. The molecule has 0 bridgehead atoms. The van der Waals surface area contributed by atoms with Crippen molar-refractivity contribution < 1.29 is 32.6 Å². The molecule has 3 aromatic rings. The summed E-state index contributed by atoms with van der Waals surface area (Å²) in [6.07, 6.45) is -4.12. The number of hydrogen-bond donors (Lipinski definition) is 3. The number of carbonyl (C=O) groups excluding carboxylic acids is 1. The predicted molar refractivity (Wildman–Crippen MR) is 106 cm³/mol. The van der Waals surface area contributed by atoms with E-state index in [4.69, 9.17) is 27.2 Å². The van der Waals surface area contributed by atoms with Crippen LogP contribution in [0.1, 0.15) is 16.1 Å². The summed E-state index contributed by atoms with van der Waals surface area (Å²) in [5.74, 6) is -2.11. The van der Waals surface area contributed by atoms with Crippen molar-refractivity contribution in [3.8, 4) is 11.4 Å². The standard InChI is InChI=1S/C19H14ClF3N4O4/c20-10-5-11(24)7-12(6-10)26-18(30)15-8-25-27(17(15)19(21,22)23)13-1-3-14(4-2-13)31-9-16(28)29/h1-8H,9,24H2,(H,26,30)(H,28,29). The van der Waals surface area contributed by atoms with Gasteiger partial charge >= 0.3 is 12.1 Å². The number of amides is 1. The van der Waals surface area contributed by atoms with Crippen molar-refractivity contribution in [3.05, 3.63) is 64.9 Å². The van der Waals surface area contributed by atoms with Gasteiger partial charge in [0.15, 0.2) is 12.3 Å². The molecule has 0 aliphatic heterocycles. The van der Waals surface area contributed by atoms with Gasteiger partial charge in [0.05, 0.1) is 17.4 Å². The molecule has 8 nitrogen and oxygen atoms in total. The molecule has 31 heavy (non-hydrogen) atoms. The Kier molecular flexibility index (Phi) is 6.07. The number of benzene rings is 2. The molecule has 0 saturated carbocycles. The molecule has 0 fully saturated rings. The number of halogens is 4. The number of nitrogens with one attached hydrogen (secondary N) is 1. The molecule has 0 aliphatic rings. The Bertz CT molecular complexity index is 1110. The Hall–Kier alpha value is -3.73. The van der Waals surface area contributed by atoms with E-state index in [0.717, 1.165) is 6.20 Å². The molecule has 0 radical (unpaired) electrons. The highest BCUT2D eigenvalue weighted by molar-refractivity contribution is 6.31. The van der Waals surface area contributed by atoms with E-state index in [0.29, 0.717) is 4.68 Å². The number of anilines is 2. The maximum Gasteiger partial charge on any atom is 0.434 e. The molecule has 0 atom stereocenters. The molecule has 4 N–H and O–H groups in total. The minimum atomic E-state index is -4.91. The van der Waals surface area contributed by atoms with Crippen LogP contribution in [0.15, 0.2) is 48.7 Å². The van der Waals surface area contributed by atoms with Crippen molar-refractivity contribution in [2.24, 2.45) is 0 Å². The fraction of sp³-hybridized carbons (Fsp3) is 0.105. The summed E-state index contributed by atoms with van der Waals surface area (Å²) in [4.78, 5) is 23.1. The van der Waals surface area contributed by atoms with E-state index in [2.05, 4.69) is 10.4 Å². The van der Waals surface area contributed by atoms with Gasteiger partial charge in [-0.2, -0.15) is 18.3 Å². The van der Waals surface area contributed by atoms with E-state index in [1.54, 1.807) is 0 Å². The Labute approximate surface area is 178 Å². The van der Waals surface area contributed by atoms with Crippen LogP contribution >= 0.6 is 11.6 Å². The molecule has 1 aromatic heterocycles. The number of carbonyl (C=O) groups is 2. The number of rotatable bonds is 6. The number of aromatic nitrogens is 2. The SMILES string of the molecule is Nc1cc(Cl)cc(NC(=O)c2cnn(-c3ccc(OCC(=O)O)cc3)c2C(F)(F)F)c1. The van der Waals surface area contributed by atoms with Crippen LogP contribution in [0.25, 0.3) is 5.69 Å². The fourth-order valence-electron chi connectivity index (χ4n) is 2.69. The zero-order valence-corrected chi connectivity index (χ0v) is 16.2. The Balaban J connectivity index is 1.93. The van der Waals surface area contributed by atoms with Gasteiger partial charge < -0.3 is 20.9 Å². The predicted octanol–water partition coefficient (Wildman–Crippen LogP) is 3.84. The normalized spacial score (nSPS) is 11.2. The topological polar surface area (TPSA) is 119 Å². The van der Waals surface area contributed by atoms with Crippen LogP contribution < -0.4 is 15.8 Å². The lowest BCUT2D eigenvalue weighted by Crippen LogP contribution is -2.20. The van der Waals surface area contributed by atoms with E-state index in [1.807, 2.05) is 0 Å². The van der Waals surface area contributed by atoms with Crippen molar-refractivity contribution >= 4 is 34.9 Å². The van der Waals surface area contributed by atoms with E-state index < -0.39 is 35.9 Å². The third kappa shape index (κ3) is 5.25. The summed E-state index contributed by atoms with van der Waals surface area (Å²) in [5, 5.41) is 14.8. The quantitative estimate of drug-likeness (QED) is 0.487. The summed E-state index contributed by atoms with van der Waals surface area (Å²) in [6.45, 7) is -0.604. The van der Waals surface area contributed by atoms with Crippen LogP contribution in [0.4, 0.5) is 24.5 Å². The third-order valence-electron chi connectivity index (χ3n) is 3.90. The van der Waals surface area contributed by atoms with Gasteiger partial charge in [-0.1, -0.05) is 11.6 Å². The first-order valence-corrected chi connectivity index (χ1v) is 8.90. The lowest BCUT2D eigenvalue weighted by atomic mass is 10.2. The third-order valence-corrected chi connectivity index (χ3v) is 4.12. The van der Waals surface area contributed by atoms with Crippen molar-refractivity contribution in [2.75, 3.05) is 17.7 Å². The number of nitrogens with two attached hydrogens (primary N) is 1. The first kappa shape index (κ1) is 22.0. The maximum absolute atomic E-state index is 13.8. The Morgan fingerprint density at radius 2 is 1.87 bits per heavy atom. The molecular formula is C19H14ClF3N4O4. The number of nitrogens with zero attached hydrogens (tertiary/aromatic N) is 2. The second kappa shape index (κ2) is 8.56. The molecule has 0 saturated heterocycles. The average molecular weight is 455 g/mol. The van der Waals surface area contributed by atoms with Gasteiger partial charge in [-0.15, -0.1) is 0 Å². The monoisotopic (exact) mass is 454 g/mol. The van der Waals surface area contributed by atoms with Gasteiger partial charge in [-0.3, -0.25) is 4.79 Å². The molecule has 1 heterocycles. The first-order valence-electron chi connectivity index (χ1n) is 8.52. The maximum atomic E-state index is 13.8. The largest absolute Gasteiger partial charge is 0.482 e. The number of carboxylic acid groups (broad SMARTS) is 1. The summed E-state index contributed by atoms with van der Waals surface area (Å²) < 4.78 is 46.8. The van der Waals surface area contributed by atoms with Crippen molar-refractivity contribution in [1.82, 2.24) is 9.78 Å². The molecule has 3 rings (SSSR count). The van der Waals surface area contributed by atoms with Crippen LogP contribution in [0.3, 0.4) is 0 Å². The number of carboxylic acids is 1. The van der Waals surface area contributed by atoms with E-state index in [1.165, 1.54) is 42.5 Å². The number of hydrogen-bond acceptors (Lipinski definition) is 5. The molecule has 12 heteroatoms. The van der Waals surface area contributed by atoms with Crippen LogP contribution in [-0.2, 0) is 11.0 Å². The molecule has 162 valence electrons. The molecule has 0 unspecified atom stereocenters. The van der Waals surface area contributed by atoms with E-state index in [9.17, 15) is 22.8 Å². The fourth-order valence-corrected chi connectivity index (χ4v) is 2.94. The zero-order chi connectivity index (χ0) is 22.8. The van der Waals surface area contributed by atoms with Crippen molar-refractivity contribution in [2.45, 2.75) is 6.18 Å². The van der Waals surface area contributed by atoms with E-state index >= 15 is 0 Å². The van der Waals surface area contributed by atoms with Crippen molar-refractivity contribution in [3.63, 3.8) is 0 Å². The highest BCUT2D eigenvalue weighted by atomic mass is 35.5. The lowest BCUT2D eigenvalue weighted by molar-refractivity contribution is -0.143. The first-order chi connectivity index (χ1) is 14.5. The summed E-state index contributed by atoms with van der Waals surface area (Å²) >= 11 is 5.85. The second-order valence-electron chi connectivity index (χ2n) is 6.22. The van der Waals surface area contributed by atoms with E-state index in [-0.39, 0.29) is 27.8 Å². The Morgan fingerprint density at radius 3 is 2.45 bits per heavy atom. The van der Waals surface area contributed by atoms with Gasteiger partial charge in [0.2, 0.25) is 0 Å².